The number of benzene rings is 3. The summed E-state index contributed by atoms with van der Waals surface area (Å²) in [4.78, 5) is 10.2. The first-order valence-electron chi connectivity index (χ1n) is 12.6. The van der Waals surface area contributed by atoms with Crippen LogP contribution in [0.15, 0.2) is 72.8 Å². The number of imidazole rings is 1. The molecule has 1 saturated heterocycles. The molecule has 0 atom stereocenters. The summed E-state index contributed by atoms with van der Waals surface area (Å²) in [5.41, 5.74) is 4.45. The van der Waals surface area contributed by atoms with E-state index in [1.807, 2.05) is 42.5 Å². The zero-order valence-electron chi connectivity index (χ0n) is 21.3. The molecule has 1 aliphatic rings. The summed E-state index contributed by atoms with van der Waals surface area (Å²) >= 11 is 0. The molecule has 1 aliphatic heterocycles. The molecule has 1 aromatic heterocycles. The average molecular weight is 492 g/mol. The van der Waals surface area contributed by atoms with E-state index in [2.05, 4.69) is 35.0 Å². The number of quaternary nitrogens is 1. The molecule has 7 heteroatoms. The van der Waals surface area contributed by atoms with Gasteiger partial charge in [-0.25, -0.2) is 14.2 Å². The van der Waals surface area contributed by atoms with E-state index >= 15 is 0 Å². The summed E-state index contributed by atoms with van der Waals surface area (Å²) in [5, 5.41) is 4.81. The lowest BCUT2D eigenvalue weighted by Crippen LogP contribution is -3.12. The molecule has 0 saturated carbocycles. The van der Waals surface area contributed by atoms with E-state index in [0.29, 0.717) is 12.6 Å². The molecule has 5 rings (SSSR count). The minimum atomic E-state index is -0.213. The van der Waals surface area contributed by atoms with Gasteiger partial charge in [0.2, 0.25) is 5.95 Å². The normalized spacial score (nSPS) is 17.3. The lowest BCUT2D eigenvalue weighted by atomic mass is 10.1. The number of hydroxylamine groups is 2. The van der Waals surface area contributed by atoms with Gasteiger partial charge in [0.25, 0.3) is 0 Å². The van der Waals surface area contributed by atoms with Crippen molar-refractivity contribution < 1.29 is 19.0 Å². The Morgan fingerprint density at radius 3 is 2.25 bits per heavy atom. The highest BCUT2D eigenvalue weighted by Crippen LogP contribution is 2.23. The van der Waals surface area contributed by atoms with Gasteiger partial charge >= 0.3 is 0 Å². The Bertz CT molecular complexity index is 1190. The molecule has 0 aliphatic carbocycles. The predicted octanol–water partition coefficient (Wildman–Crippen LogP) is 4.50. The largest absolute Gasteiger partial charge is 0.497 e. The van der Waals surface area contributed by atoms with Crippen LogP contribution in [-0.4, -0.2) is 42.9 Å². The maximum Gasteiger partial charge on any atom is 0.204 e. The van der Waals surface area contributed by atoms with Crippen LogP contribution in [0.1, 0.15) is 30.9 Å². The van der Waals surface area contributed by atoms with Crippen LogP contribution in [0, 0.1) is 5.82 Å². The summed E-state index contributed by atoms with van der Waals surface area (Å²) in [6.07, 6.45) is 3.18. The predicted molar refractivity (Wildman–Crippen MR) is 142 cm³/mol. The number of piperidine rings is 1. The fourth-order valence-corrected chi connectivity index (χ4v) is 4.45. The molecular weight excluding hydrogens is 455 g/mol. The highest BCUT2D eigenvalue weighted by Gasteiger charge is 2.24. The van der Waals surface area contributed by atoms with Gasteiger partial charge in [-0.2, -0.15) is 5.06 Å². The SMILES string of the molecule is CCc1ccc(OC)cc1.CO[NH+]1CCC(Nc2nc3ccccc3n2Cc2ccc(F)cc2)CC1. The second-order valence-corrected chi connectivity index (χ2v) is 9.00. The van der Waals surface area contributed by atoms with Gasteiger partial charge in [0.15, 0.2) is 0 Å². The van der Waals surface area contributed by atoms with Crippen LogP contribution in [0.5, 0.6) is 5.75 Å². The monoisotopic (exact) mass is 491 g/mol. The third kappa shape index (κ3) is 6.62. The Labute approximate surface area is 212 Å². The van der Waals surface area contributed by atoms with E-state index in [1.165, 1.54) is 22.8 Å². The molecule has 2 heterocycles. The number of hydrogen-bond acceptors (Lipinski definition) is 4. The number of para-hydroxylation sites is 2. The molecule has 2 N–H and O–H groups in total. The Balaban J connectivity index is 0.000000256. The van der Waals surface area contributed by atoms with Crippen molar-refractivity contribution in [1.82, 2.24) is 9.55 Å². The third-order valence-corrected chi connectivity index (χ3v) is 6.64. The highest BCUT2D eigenvalue weighted by molar-refractivity contribution is 5.78. The van der Waals surface area contributed by atoms with Crippen LogP contribution in [-0.2, 0) is 17.8 Å². The number of ether oxygens (including phenoxy) is 1. The van der Waals surface area contributed by atoms with Crippen molar-refractivity contribution in [3.63, 3.8) is 0 Å². The Morgan fingerprint density at radius 1 is 0.944 bits per heavy atom. The van der Waals surface area contributed by atoms with Crippen molar-refractivity contribution in [2.75, 3.05) is 32.6 Å². The van der Waals surface area contributed by atoms with Crippen LogP contribution >= 0.6 is 0 Å². The molecule has 6 nitrogen and oxygen atoms in total. The van der Waals surface area contributed by atoms with Crippen LogP contribution in [0.4, 0.5) is 10.3 Å². The van der Waals surface area contributed by atoms with Crippen molar-refractivity contribution in [2.24, 2.45) is 0 Å². The number of halogens is 1. The first-order chi connectivity index (χ1) is 17.6. The summed E-state index contributed by atoms with van der Waals surface area (Å²) in [5.74, 6) is 1.59. The molecule has 1 fully saturated rings. The first-order valence-corrected chi connectivity index (χ1v) is 12.6. The Morgan fingerprint density at radius 2 is 1.61 bits per heavy atom. The minimum Gasteiger partial charge on any atom is -0.497 e. The number of nitrogens with zero attached hydrogens (tertiary/aromatic N) is 2. The van der Waals surface area contributed by atoms with Gasteiger partial charge in [0.1, 0.15) is 24.7 Å². The number of anilines is 1. The maximum absolute atomic E-state index is 13.2. The van der Waals surface area contributed by atoms with E-state index in [9.17, 15) is 4.39 Å². The van der Waals surface area contributed by atoms with Gasteiger partial charge in [-0.05, 0) is 53.9 Å². The number of fused-ring (bicyclic) bond motifs is 1. The van der Waals surface area contributed by atoms with Gasteiger partial charge in [-0.15, -0.1) is 0 Å². The van der Waals surface area contributed by atoms with Crippen LogP contribution in [0.25, 0.3) is 11.0 Å². The molecule has 190 valence electrons. The number of aryl methyl sites for hydroxylation is 1. The zero-order chi connectivity index (χ0) is 25.3. The molecule has 0 unspecified atom stereocenters. The van der Waals surface area contributed by atoms with Crippen molar-refractivity contribution in [3.8, 4) is 5.75 Å². The maximum atomic E-state index is 13.2. The smallest absolute Gasteiger partial charge is 0.204 e. The number of nitrogens with one attached hydrogen (secondary N) is 2. The van der Waals surface area contributed by atoms with E-state index in [0.717, 1.165) is 60.6 Å². The molecular formula is C29H36FN4O2+. The molecule has 0 radical (unpaired) electrons. The lowest BCUT2D eigenvalue weighted by molar-refractivity contribution is -1.09. The van der Waals surface area contributed by atoms with Crippen molar-refractivity contribution in [3.05, 3.63) is 89.7 Å². The van der Waals surface area contributed by atoms with Gasteiger partial charge in [-0.3, -0.25) is 0 Å². The molecule has 3 aromatic carbocycles. The minimum absolute atomic E-state index is 0.213. The second kappa shape index (κ2) is 12.5. The molecule has 0 amide bonds. The van der Waals surface area contributed by atoms with Crippen molar-refractivity contribution in [2.45, 2.75) is 38.8 Å². The van der Waals surface area contributed by atoms with Crippen LogP contribution in [0.2, 0.25) is 0 Å². The van der Waals surface area contributed by atoms with Crippen molar-refractivity contribution >= 4 is 17.0 Å². The lowest BCUT2D eigenvalue weighted by Gasteiger charge is -2.27. The van der Waals surface area contributed by atoms with Crippen LogP contribution < -0.4 is 15.1 Å². The van der Waals surface area contributed by atoms with E-state index in [4.69, 9.17) is 14.6 Å². The number of aromatic nitrogens is 2. The summed E-state index contributed by atoms with van der Waals surface area (Å²) in [7, 11) is 3.44. The van der Waals surface area contributed by atoms with Gasteiger partial charge in [0.05, 0.1) is 31.8 Å². The average Bonchev–Trinajstić information content (AvgIpc) is 3.27. The molecule has 0 spiro atoms. The standard InChI is InChI=1S/C20H23FN4O.C9H12O/c1-26-24-12-10-17(11-13-24)22-20-23-18-4-2-3-5-19(18)25(20)14-15-6-8-16(21)9-7-15;1-3-8-4-6-9(10-2)7-5-8/h2-9,17H,10-14H2,1H3,(H,22,23);4-7H,3H2,1-2H3/p+1. The highest BCUT2D eigenvalue weighted by atomic mass is 19.1. The number of methoxy groups -OCH3 is 1. The second-order valence-electron chi connectivity index (χ2n) is 9.00. The molecule has 0 bridgehead atoms. The van der Waals surface area contributed by atoms with Crippen molar-refractivity contribution in [1.29, 1.82) is 0 Å². The molecule has 36 heavy (non-hydrogen) atoms. The fraction of sp³-hybridized carbons (Fsp3) is 0.345. The number of hydrogen-bond donors (Lipinski definition) is 2. The van der Waals surface area contributed by atoms with Gasteiger partial charge in [0, 0.05) is 18.9 Å². The van der Waals surface area contributed by atoms with E-state index < -0.39 is 0 Å². The third-order valence-electron chi connectivity index (χ3n) is 6.64. The van der Waals surface area contributed by atoms with Gasteiger partial charge in [-0.1, -0.05) is 43.3 Å². The van der Waals surface area contributed by atoms with E-state index in [-0.39, 0.29) is 5.82 Å². The topological polar surface area (TPSA) is 52.8 Å². The summed E-state index contributed by atoms with van der Waals surface area (Å²) in [6.45, 7) is 4.78. The van der Waals surface area contributed by atoms with Crippen LogP contribution in [0.3, 0.4) is 0 Å². The first kappa shape index (κ1) is 25.7. The Hall–Kier alpha value is -3.42. The van der Waals surface area contributed by atoms with E-state index in [1.54, 1.807) is 14.2 Å². The number of rotatable bonds is 7. The zero-order valence-corrected chi connectivity index (χ0v) is 21.3. The van der Waals surface area contributed by atoms with Gasteiger partial charge < -0.3 is 14.6 Å². The quantitative estimate of drug-likeness (QED) is 0.400. The molecule has 4 aromatic rings. The Kier molecular flexibility index (Phi) is 8.92. The summed E-state index contributed by atoms with van der Waals surface area (Å²) < 4.78 is 20.4. The fourth-order valence-electron chi connectivity index (χ4n) is 4.45. The summed E-state index contributed by atoms with van der Waals surface area (Å²) in [6, 6.07) is 23.3.